The van der Waals surface area contributed by atoms with Gasteiger partial charge in [-0.1, -0.05) is 12.1 Å². The van der Waals surface area contributed by atoms with E-state index in [1.54, 1.807) is 11.0 Å². The molecule has 82 valence electrons. The lowest BCUT2D eigenvalue weighted by molar-refractivity contribution is 1.03. The Kier molecular flexibility index (Phi) is 2.78. The Morgan fingerprint density at radius 2 is 2.19 bits per heavy atom. The summed E-state index contributed by atoms with van der Waals surface area (Å²) in [7, 11) is 1.83. The average Bonchev–Trinajstić information content (AvgIpc) is 3.11. The van der Waals surface area contributed by atoms with Crippen molar-refractivity contribution in [1.29, 1.82) is 5.26 Å². The SMILES string of the molecule is CN(C(N)=NC1CC1)c1ccccc1C#N. The van der Waals surface area contributed by atoms with Crippen LogP contribution in [-0.2, 0) is 0 Å². The number of hydrogen-bond acceptors (Lipinski definition) is 2. The first-order valence-electron chi connectivity index (χ1n) is 5.28. The molecule has 2 N–H and O–H groups in total. The minimum Gasteiger partial charge on any atom is -0.370 e. The molecule has 1 aliphatic rings. The summed E-state index contributed by atoms with van der Waals surface area (Å²) in [6, 6.07) is 9.90. The van der Waals surface area contributed by atoms with Crippen LogP contribution in [0.2, 0.25) is 0 Å². The maximum absolute atomic E-state index is 8.99. The van der Waals surface area contributed by atoms with Crippen LogP contribution in [0.4, 0.5) is 5.69 Å². The number of nitrogens with zero attached hydrogens (tertiary/aromatic N) is 3. The predicted molar refractivity (Wildman–Crippen MR) is 64.2 cm³/mol. The van der Waals surface area contributed by atoms with Gasteiger partial charge < -0.3 is 10.6 Å². The van der Waals surface area contributed by atoms with Crippen molar-refractivity contribution < 1.29 is 0 Å². The first-order valence-corrected chi connectivity index (χ1v) is 5.28. The Hall–Kier alpha value is -2.02. The van der Waals surface area contributed by atoms with Gasteiger partial charge in [0.15, 0.2) is 5.96 Å². The van der Waals surface area contributed by atoms with Gasteiger partial charge in [0, 0.05) is 7.05 Å². The standard InChI is InChI=1S/C12H14N4/c1-16(12(14)15-10-6-7-10)11-5-3-2-4-9(11)8-13/h2-5,10H,6-7H2,1H3,(H2,14,15). The number of benzene rings is 1. The van der Waals surface area contributed by atoms with Gasteiger partial charge in [0.05, 0.1) is 17.3 Å². The highest BCUT2D eigenvalue weighted by atomic mass is 15.2. The first kappa shape index (κ1) is 10.5. The second-order valence-corrected chi connectivity index (χ2v) is 3.91. The molecule has 4 nitrogen and oxygen atoms in total. The Balaban J connectivity index is 2.26. The second-order valence-electron chi connectivity index (χ2n) is 3.91. The topological polar surface area (TPSA) is 65.4 Å². The van der Waals surface area contributed by atoms with Gasteiger partial charge >= 0.3 is 0 Å². The number of rotatable bonds is 2. The third kappa shape index (κ3) is 2.14. The van der Waals surface area contributed by atoms with Crippen molar-refractivity contribution in [2.24, 2.45) is 10.7 Å². The van der Waals surface area contributed by atoms with Crippen LogP contribution in [0.3, 0.4) is 0 Å². The smallest absolute Gasteiger partial charge is 0.195 e. The van der Waals surface area contributed by atoms with Gasteiger partial charge in [-0.05, 0) is 25.0 Å². The van der Waals surface area contributed by atoms with E-state index in [1.807, 2.05) is 25.2 Å². The lowest BCUT2D eigenvalue weighted by Gasteiger charge is -2.19. The predicted octanol–water partition coefficient (Wildman–Crippen LogP) is 1.47. The molecule has 0 radical (unpaired) electrons. The largest absolute Gasteiger partial charge is 0.370 e. The summed E-state index contributed by atoms with van der Waals surface area (Å²) in [6.07, 6.45) is 2.24. The van der Waals surface area contributed by atoms with Crippen molar-refractivity contribution in [3.8, 4) is 6.07 Å². The van der Waals surface area contributed by atoms with Crippen molar-refractivity contribution in [3.05, 3.63) is 29.8 Å². The first-order chi connectivity index (χ1) is 7.72. The molecule has 1 aromatic carbocycles. The normalized spacial score (nSPS) is 15.6. The minimum atomic E-state index is 0.386. The number of nitrogens with two attached hydrogens (primary N) is 1. The molecule has 0 amide bonds. The zero-order chi connectivity index (χ0) is 11.5. The molecule has 1 aromatic rings. The van der Waals surface area contributed by atoms with Crippen LogP contribution in [0, 0.1) is 11.3 Å². The quantitative estimate of drug-likeness (QED) is 0.599. The molecule has 2 rings (SSSR count). The van der Waals surface area contributed by atoms with Crippen LogP contribution in [0.25, 0.3) is 0 Å². The van der Waals surface area contributed by atoms with E-state index in [1.165, 1.54) is 0 Å². The van der Waals surface area contributed by atoms with Crippen LogP contribution >= 0.6 is 0 Å². The number of hydrogen-bond donors (Lipinski definition) is 1. The number of anilines is 1. The molecule has 0 spiro atoms. The zero-order valence-electron chi connectivity index (χ0n) is 9.22. The van der Waals surface area contributed by atoms with E-state index in [0.717, 1.165) is 18.5 Å². The van der Waals surface area contributed by atoms with Crippen LogP contribution in [0.1, 0.15) is 18.4 Å². The fourth-order valence-electron chi connectivity index (χ4n) is 1.46. The highest BCUT2D eigenvalue weighted by molar-refractivity contribution is 5.95. The van der Waals surface area contributed by atoms with E-state index in [2.05, 4.69) is 11.1 Å². The van der Waals surface area contributed by atoms with Gasteiger partial charge in [-0.3, -0.25) is 0 Å². The summed E-state index contributed by atoms with van der Waals surface area (Å²) < 4.78 is 0. The van der Waals surface area contributed by atoms with E-state index >= 15 is 0 Å². The molecular formula is C12H14N4. The molecular weight excluding hydrogens is 200 g/mol. The zero-order valence-corrected chi connectivity index (χ0v) is 9.22. The van der Waals surface area contributed by atoms with Crippen molar-refractivity contribution in [1.82, 2.24) is 0 Å². The van der Waals surface area contributed by atoms with Crippen LogP contribution < -0.4 is 10.6 Å². The van der Waals surface area contributed by atoms with Crippen molar-refractivity contribution in [2.75, 3.05) is 11.9 Å². The highest BCUT2D eigenvalue weighted by Gasteiger charge is 2.21. The van der Waals surface area contributed by atoms with Gasteiger partial charge in [0.2, 0.25) is 0 Å². The minimum absolute atomic E-state index is 0.386. The molecule has 16 heavy (non-hydrogen) atoms. The van der Waals surface area contributed by atoms with Crippen LogP contribution in [0.15, 0.2) is 29.3 Å². The maximum atomic E-state index is 8.99. The van der Waals surface area contributed by atoms with Gasteiger partial charge in [0.1, 0.15) is 6.07 Å². The molecule has 1 saturated carbocycles. The third-order valence-electron chi connectivity index (χ3n) is 2.59. The average molecular weight is 214 g/mol. The maximum Gasteiger partial charge on any atom is 0.195 e. The van der Waals surface area contributed by atoms with E-state index in [4.69, 9.17) is 11.0 Å². The number of guanidine groups is 1. The van der Waals surface area contributed by atoms with Crippen molar-refractivity contribution in [2.45, 2.75) is 18.9 Å². The molecule has 0 atom stereocenters. The summed E-state index contributed by atoms with van der Waals surface area (Å²) in [4.78, 5) is 6.11. The van der Waals surface area contributed by atoms with Gasteiger partial charge in [-0.2, -0.15) is 5.26 Å². The Labute approximate surface area is 95.0 Å². The summed E-state index contributed by atoms with van der Waals surface area (Å²) in [5, 5.41) is 8.99. The monoisotopic (exact) mass is 214 g/mol. The molecule has 0 saturated heterocycles. The van der Waals surface area contributed by atoms with Crippen LogP contribution in [-0.4, -0.2) is 19.0 Å². The molecule has 4 heteroatoms. The van der Waals surface area contributed by atoms with Gasteiger partial charge in [0.25, 0.3) is 0 Å². The summed E-state index contributed by atoms with van der Waals surface area (Å²) in [5.74, 6) is 0.477. The second kappa shape index (κ2) is 4.23. The van der Waals surface area contributed by atoms with Crippen molar-refractivity contribution in [3.63, 3.8) is 0 Å². The van der Waals surface area contributed by atoms with Gasteiger partial charge in [-0.15, -0.1) is 0 Å². The lowest BCUT2D eigenvalue weighted by atomic mass is 10.2. The van der Waals surface area contributed by atoms with Gasteiger partial charge in [-0.25, -0.2) is 4.99 Å². The fraction of sp³-hybridized carbons (Fsp3) is 0.333. The highest BCUT2D eigenvalue weighted by Crippen LogP contribution is 2.24. The fourth-order valence-corrected chi connectivity index (χ4v) is 1.46. The van der Waals surface area contributed by atoms with E-state index in [9.17, 15) is 0 Å². The molecule has 0 aliphatic heterocycles. The molecule has 1 aliphatic carbocycles. The third-order valence-corrected chi connectivity index (χ3v) is 2.59. The summed E-state index contributed by atoms with van der Waals surface area (Å²) >= 11 is 0. The summed E-state index contributed by atoms with van der Waals surface area (Å²) in [6.45, 7) is 0. The number of aliphatic imine (C=N–C) groups is 1. The van der Waals surface area contributed by atoms with Crippen LogP contribution in [0.5, 0.6) is 0 Å². The number of nitriles is 1. The number of para-hydroxylation sites is 1. The van der Waals surface area contributed by atoms with E-state index in [-0.39, 0.29) is 0 Å². The molecule has 0 aromatic heterocycles. The molecule has 0 bridgehead atoms. The Bertz CT molecular complexity index is 454. The summed E-state index contributed by atoms with van der Waals surface area (Å²) in [5.41, 5.74) is 7.29. The lowest BCUT2D eigenvalue weighted by Crippen LogP contribution is -2.34. The molecule has 0 heterocycles. The molecule has 1 fully saturated rings. The van der Waals surface area contributed by atoms with E-state index in [0.29, 0.717) is 17.6 Å². The van der Waals surface area contributed by atoms with E-state index < -0.39 is 0 Å². The van der Waals surface area contributed by atoms with Crippen molar-refractivity contribution >= 4 is 11.6 Å². The Morgan fingerprint density at radius 3 is 2.81 bits per heavy atom. The molecule has 0 unspecified atom stereocenters. The Morgan fingerprint density at radius 1 is 1.50 bits per heavy atom.